The highest BCUT2D eigenvalue weighted by molar-refractivity contribution is 5.76. The maximum Gasteiger partial charge on any atom is 0.220 e. The van der Waals surface area contributed by atoms with E-state index in [9.17, 15) is 14.3 Å². The highest BCUT2D eigenvalue weighted by atomic mass is 19.1. The first-order valence-electron chi connectivity index (χ1n) is 6.73. The molecule has 2 atom stereocenters. The summed E-state index contributed by atoms with van der Waals surface area (Å²) in [5.41, 5.74) is 0.936. The van der Waals surface area contributed by atoms with Crippen molar-refractivity contribution in [1.82, 2.24) is 5.32 Å². The zero-order chi connectivity index (χ0) is 14.3. The molecule has 19 heavy (non-hydrogen) atoms. The second-order valence-electron chi connectivity index (χ2n) is 4.90. The number of nitrogens with one attached hydrogen (secondary N) is 1. The number of hydrogen-bond acceptors (Lipinski definition) is 2. The second kappa shape index (κ2) is 7.89. The van der Waals surface area contributed by atoms with Gasteiger partial charge >= 0.3 is 0 Å². The van der Waals surface area contributed by atoms with Gasteiger partial charge < -0.3 is 10.4 Å². The maximum absolute atomic E-state index is 12.8. The van der Waals surface area contributed by atoms with Crippen LogP contribution in [0, 0.1) is 5.82 Å². The molecule has 3 nitrogen and oxygen atoms in total. The number of carbonyl (C=O) groups is 1. The number of benzene rings is 1. The molecule has 106 valence electrons. The van der Waals surface area contributed by atoms with Gasteiger partial charge in [0.25, 0.3) is 0 Å². The van der Waals surface area contributed by atoms with E-state index < -0.39 is 6.10 Å². The summed E-state index contributed by atoms with van der Waals surface area (Å²) in [5.74, 6) is -0.334. The van der Waals surface area contributed by atoms with Gasteiger partial charge in [-0.2, -0.15) is 0 Å². The van der Waals surface area contributed by atoms with Crippen LogP contribution in [0.25, 0.3) is 0 Å². The number of amides is 1. The lowest BCUT2D eigenvalue weighted by atomic mass is 9.97. The fourth-order valence-corrected chi connectivity index (χ4v) is 1.93. The number of aliphatic hydroxyl groups excluding tert-OH is 1. The molecule has 0 aliphatic carbocycles. The first kappa shape index (κ1) is 15.6. The van der Waals surface area contributed by atoms with E-state index in [1.807, 2.05) is 13.8 Å². The Labute approximate surface area is 113 Å². The molecule has 0 bridgehead atoms. The molecule has 0 fully saturated rings. The molecule has 0 saturated carbocycles. The summed E-state index contributed by atoms with van der Waals surface area (Å²) in [7, 11) is 0. The van der Waals surface area contributed by atoms with E-state index in [4.69, 9.17) is 0 Å². The van der Waals surface area contributed by atoms with Crippen molar-refractivity contribution in [3.63, 3.8) is 0 Å². The monoisotopic (exact) mass is 267 g/mol. The minimum absolute atomic E-state index is 0.0314. The molecular formula is C15H22FNO2. The average molecular weight is 267 g/mol. The molecule has 0 aromatic heterocycles. The van der Waals surface area contributed by atoms with E-state index in [2.05, 4.69) is 5.32 Å². The van der Waals surface area contributed by atoms with Crippen molar-refractivity contribution < 1.29 is 14.3 Å². The fraction of sp³-hybridized carbons (Fsp3) is 0.533. The van der Waals surface area contributed by atoms with E-state index in [0.29, 0.717) is 19.4 Å². The van der Waals surface area contributed by atoms with Crippen molar-refractivity contribution in [2.24, 2.45) is 0 Å². The molecule has 1 aromatic carbocycles. The van der Waals surface area contributed by atoms with Crippen LogP contribution < -0.4 is 5.32 Å². The maximum atomic E-state index is 12.8. The largest absolute Gasteiger partial charge is 0.391 e. The lowest BCUT2D eigenvalue weighted by Crippen LogP contribution is -2.32. The van der Waals surface area contributed by atoms with Gasteiger partial charge in [0.1, 0.15) is 5.82 Å². The molecule has 0 aliphatic heterocycles. The van der Waals surface area contributed by atoms with Gasteiger partial charge in [-0.05, 0) is 30.0 Å². The lowest BCUT2D eigenvalue weighted by Gasteiger charge is -2.14. The fourth-order valence-electron chi connectivity index (χ4n) is 1.93. The summed E-state index contributed by atoms with van der Waals surface area (Å²) in [5, 5.41) is 12.2. The van der Waals surface area contributed by atoms with Crippen molar-refractivity contribution in [3.8, 4) is 0 Å². The zero-order valence-electron chi connectivity index (χ0n) is 11.5. The van der Waals surface area contributed by atoms with E-state index in [-0.39, 0.29) is 17.6 Å². The molecule has 2 unspecified atom stereocenters. The first-order chi connectivity index (χ1) is 9.02. The van der Waals surface area contributed by atoms with Gasteiger partial charge in [-0.1, -0.05) is 32.4 Å². The molecular weight excluding hydrogens is 245 g/mol. The van der Waals surface area contributed by atoms with Crippen LogP contribution in [0.3, 0.4) is 0 Å². The van der Waals surface area contributed by atoms with Gasteiger partial charge in [0.15, 0.2) is 0 Å². The van der Waals surface area contributed by atoms with E-state index in [0.717, 1.165) is 12.0 Å². The third kappa shape index (κ3) is 5.83. The Balaban J connectivity index is 2.37. The molecule has 1 rings (SSSR count). The molecule has 0 saturated heterocycles. The van der Waals surface area contributed by atoms with Crippen LogP contribution in [-0.2, 0) is 4.79 Å². The molecule has 4 heteroatoms. The molecule has 0 aliphatic rings. The Hall–Kier alpha value is -1.42. The number of hydrogen-bond donors (Lipinski definition) is 2. The zero-order valence-corrected chi connectivity index (χ0v) is 11.5. The number of aliphatic hydroxyl groups is 1. The number of carbonyl (C=O) groups excluding carboxylic acids is 1. The third-order valence-corrected chi connectivity index (χ3v) is 3.09. The van der Waals surface area contributed by atoms with Gasteiger partial charge in [0.2, 0.25) is 5.91 Å². The van der Waals surface area contributed by atoms with Crippen LogP contribution in [0.1, 0.15) is 44.6 Å². The van der Waals surface area contributed by atoms with Crippen LogP contribution >= 0.6 is 0 Å². The van der Waals surface area contributed by atoms with E-state index >= 15 is 0 Å². The summed E-state index contributed by atoms with van der Waals surface area (Å²) < 4.78 is 12.8. The minimum Gasteiger partial charge on any atom is -0.391 e. The first-order valence-corrected chi connectivity index (χ1v) is 6.73. The predicted octanol–water partition coefficient (Wildman–Crippen LogP) is 2.60. The van der Waals surface area contributed by atoms with Gasteiger partial charge in [0, 0.05) is 13.0 Å². The lowest BCUT2D eigenvalue weighted by molar-refractivity contribution is -0.121. The van der Waals surface area contributed by atoms with Crippen LogP contribution in [0.5, 0.6) is 0 Å². The Morgan fingerprint density at radius 1 is 1.37 bits per heavy atom. The minimum atomic E-state index is -0.477. The number of rotatable bonds is 7. The summed E-state index contributed by atoms with van der Waals surface area (Å²) in [6.45, 7) is 4.21. The third-order valence-electron chi connectivity index (χ3n) is 3.09. The molecule has 2 N–H and O–H groups in total. The van der Waals surface area contributed by atoms with Crippen molar-refractivity contribution in [3.05, 3.63) is 35.6 Å². The Morgan fingerprint density at radius 2 is 2.00 bits per heavy atom. The Morgan fingerprint density at radius 3 is 2.58 bits per heavy atom. The van der Waals surface area contributed by atoms with Gasteiger partial charge in [-0.25, -0.2) is 4.39 Å². The molecule has 1 aromatic rings. The van der Waals surface area contributed by atoms with Crippen molar-refractivity contribution >= 4 is 5.91 Å². The smallest absolute Gasteiger partial charge is 0.220 e. The predicted molar refractivity (Wildman–Crippen MR) is 73.4 cm³/mol. The molecule has 1 amide bonds. The highest BCUT2D eigenvalue weighted by Crippen LogP contribution is 2.18. The quantitative estimate of drug-likeness (QED) is 0.797. The van der Waals surface area contributed by atoms with Gasteiger partial charge in [0.05, 0.1) is 6.10 Å². The molecule has 0 spiro atoms. The molecule has 0 heterocycles. The van der Waals surface area contributed by atoms with E-state index in [1.165, 1.54) is 12.1 Å². The van der Waals surface area contributed by atoms with Gasteiger partial charge in [-0.15, -0.1) is 0 Å². The SMILES string of the molecule is CCCC(O)CNC(=O)CC(C)c1ccc(F)cc1. The van der Waals surface area contributed by atoms with Crippen molar-refractivity contribution in [2.75, 3.05) is 6.54 Å². The average Bonchev–Trinajstić information content (AvgIpc) is 2.37. The van der Waals surface area contributed by atoms with Crippen LogP contribution in [-0.4, -0.2) is 23.7 Å². The van der Waals surface area contributed by atoms with E-state index in [1.54, 1.807) is 12.1 Å². The standard InChI is InChI=1S/C15H22FNO2/c1-3-4-14(18)10-17-15(19)9-11(2)12-5-7-13(16)8-6-12/h5-8,11,14,18H,3-4,9-10H2,1-2H3,(H,17,19). The topological polar surface area (TPSA) is 49.3 Å². The highest BCUT2D eigenvalue weighted by Gasteiger charge is 2.12. The van der Waals surface area contributed by atoms with Crippen molar-refractivity contribution in [2.45, 2.75) is 45.1 Å². The Bertz CT molecular complexity index is 392. The normalized spacial score (nSPS) is 13.9. The Kier molecular flexibility index (Phi) is 6.50. The van der Waals surface area contributed by atoms with Crippen molar-refractivity contribution in [1.29, 1.82) is 0 Å². The van der Waals surface area contributed by atoms with Crippen LogP contribution in [0.2, 0.25) is 0 Å². The molecule has 0 radical (unpaired) electrons. The summed E-state index contributed by atoms with van der Waals surface area (Å²) >= 11 is 0. The summed E-state index contributed by atoms with van der Waals surface area (Å²) in [4.78, 5) is 11.7. The summed E-state index contributed by atoms with van der Waals surface area (Å²) in [6.07, 6.45) is 1.44. The van der Waals surface area contributed by atoms with Gasteiger partial charge in [-0.3, -0.25) is 4.79 Å². The van der Waals surface area contributed by atoms with Crippen LogP contribution in [0.4, 0.5) is 4.39 Å². The van der Waals surface area contributed by atoms with Crippen LogP contribution in [0.15, 0.2) is 24.3 Å². The number of halogens is 1. The summed E-state index contributed by atoms with van der Waals surface area (Å²) in [6, 6.07) is 6.18. The second-order valence-corrected chi connectivity index (χ2v) is 4.90.